The van der Waals surface area contributed by atoms with Gasteiger partial charge in [0, 0.05) is 7.05 Å². The molecule has 0 aliphatic heterocycles. The van der Waals surface area contributed by atoms with Crippen LogP contribution < -0.4 is 16.8 Å². The van der Waals surface area contributed by atoms with E-state index >= 15 is 0 Å². The molecule has 0 aromatic heterocycles. The van der Waals surface area contributed by atoms with Crippen molar-refractivity contribution in [1.82, 2.24) is 5.32 Å². The van der Waals surface area contributed by atoms with Crippen LogP contribution in [-0.2, 0) is 0 Å². The lowest BCUT2D eigenvalue weighted by molar-refractivity contribution is -0.0926. The van der Waals surface area contributed by atoms with E-state index in [1.54, 1.807) is 0 Å². The van der Waals surface area contributed by atoms with E-state index in [0.29, 0.717) is 6.08 Å². The molecule has 0 aromatic rings. The Morgan fingerprint density at radius 3 is 2.15 bits per heavy atom. The summed E-state index contributed by atoms with van der Waals surface area (Å²) in [6.45, 7) is 0. The molecule has 0 heterocycles. The Kier molecular flexibility index (Phi) is 4.12. The zero-order valence-electron chi connectivity index (χ0n) is 6.74. The summed E-state index contributed by atoms with van der Waals surface area (Å²) in [5, 5.41) is 2.46. The number of allylic oxidation sites excluding steroid dienone is 3. The fourth-order valence-corrected chi connectivity index (χ4v) is 0.860. The monoisotopic (exact) mass is 259 g/mol. The molecule has 3 nitrogen and oxygen atoms in total. The third kappa shape index (κ3) is 4.07. The quantitative estimate of drug-likeness (QED) is 0.652. The van der Waals surface area contributed by atoms with Gasteiger partial charge in [-0.15, -0.1) is 0 Å². The Hall–Kier alpha value is -0.850. The van der Waals surface area contributed by atoms with Gasteiger partial charge in [-0.05, 0) is 22.0 Å². The Morgan fingerprint density at radius 1 is 1.38 bits per heavy atom. The second-order valence-electron chi connectivity index (χ2n) is 2.11. The maximum atomic E-state index is 11.9. The van der Waals surface area contributed by atoms with Crippen molar-refractivity contribution >= 4 is 15.9 Å². The minimum atomic E-state index is -4.53. The highest BCUT2D eigenvalue weighted by atomic mass is 79.9. The van der Waals surface area contributed by atoms with Crippen LogP contribution in [0.15, 0.2) is 22.1 Å². The van der Waals surface area contributed by atoms with Crippen LogP contribution in [0.3, 0.4) is 0 Å². The highest BCUT2D eigenvalue weighted by Crippen LogP contribution is 2.23. The molecule has 0 saturated heterocycles. The molecule has 0 amide bonds. The summed E-state index contributed by atoms with van der Waals surface area (Å²) in [6, 6.07) is 0. The lowest BCUT2D eigenvalue weighted by Gasteiger charge is -2.06. The minimum absolute atomic E-state index is 0.0600. The normalized spacial score (nSPS) is 15.3. The first-order chi connectivity index (χ1) is 5.79. The van der Waals surface area contributed by atoms with Crippen LogP contribution in [0.4, 0.5) is 13.2 Å². The van der Waals surface area contributed by atoms with Gasteiger partial charge in [-0.1, -0.05) is 0 Å². The van der Waals surface area contributed by atoms with Crippen LogP contribution >= 0.6 is 15.9 Å². The predicted molar refractivity (Wildman–Crippen MR) is 47.5 cm³/mol. The molecule has 5 N–H and O–H groups in total. The Labute approximate surface area is 81.8 Å². The van der Waals surface area contributed by atoms with E-state index in [4.69, 9.17) is 11.5 Å². The summed E-state index contributed by atoms with van der Waals surface area (Å²) in [5.74, 6) is 0.0761. The largest absolute Gasteiger partial charge is 0.430 e. The number of hydrogen-bond donors (Lipinski definition) is 3. The van der Waals surface area contributed by atoms with Gasteiger partial charge in [-0.3, -0.25) is 0 Å². The lowest BCUT2D eigenvalue weighted by atomic mass is 10.4. The van der Waals surface area contributed by atoms with Gasteiger partial charge in [0.1, 0.15) is 11.5 Å². The SMILES string of the molecule is CN/C(N)=C(Br)/C=C(\N)C(F)(F)F. The van der Waals surface area contributed by atoms with Crippen LogP contribution in [0.25, 0.3) is 0 Å². The summed E-state index contributed by atoms with van der Waals surface area (Å²) in [7, 11) is 1.48. The van der Waals surface area contributed by atoms with Gasteiger partial charge in [0.15, 0.2) is 0 Å². The minimum Gasteiger partial charge on any atom is -0.395 e. The van der Waals surface area contributed by atoms with Crippen molar-refractivity contribution in [3.8, 4) is 0 Å². The standard InChI is InChI=1S/C6H9BrF3N3/c1-13-5(12)3(7)2-4(11)6(8,9)10/h2,13H,11-12H2,1H3/b4-2-,5-3-. The second kappa shape index (κ2) is 4.40. The van der Waals surface area contributed by atoms with Gasteiger partial charge in [0.2, 0.25) is 0 Å². The number of rotatable bonds is 2. The van der Waals surface area contributed by atoms with Crippen molar-refractivity contribution in [2.75, 3.05) is 7.05 Å². The summed E-state index contributed by atoms with van der Waals surface area (Å²) in [5.41, 5.74) is 8.78. The molecular weight excluding hydrogens is 251 g/mol. The Bertz CT molecular complexity index is 244. The number of alkyl halides is 3. The van der Waals surface area contributed by atoms with Crippen LogP contribution in [0.2, 0.25) is 0 Å². The maximum Gasteiger partial charge on any atom is 0.430 e. The molecule has 0 aliphatic carbocycles. The van der Waals surface area contributed by atoms with E-state index in [1.165, 1.54) is 7.05 Å². The lowest BCUT2D eigenvalue weighted by Crippen LogP contribution is -2.20. The van der Waals surface area contributed by atoms with Gasteiger partial charge < -0.3 is 16.8 Å². The molecule has 0 spiro atoms. The van der Waals surface area contributed by atoms with E-state index in [9.17, 15) is 13.2 Å². The van der Waals surface area contributed by atoms with Crippen molar-refractivity contribution in [3.05, 3.63) is 22.1 Å². The first-order valence-corrected chi connectivity index (χ1v) is 3.95. The zero-order valence-corrected chi connectivity index (χ0v) is 8.33. The number of halogens is 4. The molecule has 0 unspecified atom stereocenters. The highest BCUT2D eigenvalue weighted by molar-refractivity contribution is 9.11. The molecule has 0 aromatic carbocycles. The summed E-state index contributed by atoms with van der Waals surface area (Å²) in [6.07, 6.45) is -3.83. The van der Waals surface area contributed by atoms with Crippen LogP contribution in [0.5, 0.6) is 0 Å². The molecule has 76 valence electrons. The van der Waals surface area contributed by atoms with Crippen LogP contribution in [0, 0.1) is 0 Å². The van der Waals surface area contributed by atoms with Crippen molar-refractivity contribution in [2.24, 2.45) is 11.5 Å². The third-order valence-corrected chi connectivity index (χ3v) is 1.79. The molecule has 0 radical (unpaired) electrons. The predicted octanol–water partition coefficient (Wildman–Crippen LogP) is 1.13. The van der Waals surface area contributed by atoms with Gasteiger partial charge >= 0.3 is 6.18 Å². The topological polar surface area (TPSA) is 64.1 Å². The van der Waals surface area contributed by atoms with E-state index < -0.39 is 11.9 Å². The maximum absolute atomic E-state index is 11.9. The van der Waals surface area contributed by atoms with Crippen molar-refractivity contribution in [3.63, 3.8) is 0 Å². The van der Waals surface area contributed by atoms with Gasteiger partial charge in [0.25, 0.3) is 0 Å². The summed E-state index contributed by atoms with van der Waals surface area (Å²) in [4.78, 5) is 0. The van der Waals surface area contributed by atoms with Crippen molar-refractivity contribution < 1.29 is 13.2 Å². The number of nitrogens with two attached hydrogens (primary N) is 2. The molecular formula is C6H9BrF3N3. The van der Waals surface area contributed by atoms with E-state index in [0.717, 1.165) is 0 Å². The molecule has 0 bridgehead atoms. The number of hydrogen-bond acceptors (Lipinski definition) is 3. The Morgan fingerprint density at radius 2 is 1.85 bits per heavy atom. The van der Waals surface area contributed by atoms with E-state index in [2.05, 4.69) is 21.2 Å². The van der Waals surface area contributed by atoms with Gasteiger partial charge in [-0.25, -0.2) is 0 Å². The van der Waals surface area contributed by atoms with Crippen molar-refractivity contribution in [1.29, 1.82) is 0 Å². The molecule has 13 heavy (non-hydrogen) atoms. The molecule has 0 aliphatic rings. The third-order valence-electron chi connectivity index (χ3n) is 1.14. The number of nitrogens with one attached hydrogen (secondary N) is 1. The summed E-state index contributed by atoms with van der Waals surface area (Å²) < 4.78 is 35.7. The molecule has 0 atom stereocenters. The highest BCUT2D eigenvalue weighted by Gasteiger charge is 2.31. The first-order valence-electron chi connectivity index (χ1n) is 3.16. The molecule has 7 heteroatoms. The average molecular weight is 260 g/mol. The van der Waals surface area contributed by atoms with Gasteiger partial charge in [-0.2, -0.15) is 13.2 Å². The Balaban J connectivity index is 4.77. The fraction of sp³-hybridized carbons (Fsp3) is 0.333. The fourth-order valence-electron chi connectivity index (χ4n) is 0.416. The van der Waals surface area contributed by atoms with Crippen LogP contribution in [-0.4, -0.2) is 13.2 Å². The molecule has 0 saturated carbocycles. The second-order valence-corrected chi connectivity index (χ2v) is 2.96. The van der Waals surface area contributed by atoms with E-state index in [1.807, 2.05) is 0 Å². The molecule has 0 fully saturated rings. The summed E-state index contributed by atoms with van der Waals surface area (Å²) >= 11 is 2.83. The smallest absolute Gasteiger partial charge is 0.395 e. The van der Waals surface area contributed by atoms with E-state index in [-0.39, 0.29) is 10.3 Å². The zero-order chi connectivity index (χ0) is 10.6. The average Bonchev–Trinajstić information content (AvgIpc) is 2.01. The van der Waals surface area contributed by atoms with Crippen molar-refractivity contribution in [2.45, 2.75) is 6.18 Å². The first kappa shape index (κ1) is 12.2. The van der Waals surface area contributed by atoms with Crippen LogP contribution in [0.1, 0.15) is 0 Å². The van der Waals surface area contributed by atoms with Gasteiger partial charge in [0.05, 0.1) is 4.48 Å². The molecule has 0 rings (SSSR count).